The molecular formula is C17H27N3OS2. The third kappa shape index (κ3) is 5.47. The molecule has 2 fully saturated rings. The number of carbonyl (C=O) groups is 1. The van der Waals surface area contributed by atoms with Gasteiger partial charge in [-0.1, -0.05) is 18.2 Å². The summed E-state index contributed by atoms with van der Waals surface area (Å²) in [4.78, 5) is 16.7. The molecule has 1 saturated heterocycles. The van der Waals surface area contributed by atoms with Crippen LogP contribution in [0.25, 0.3) is 0 Å². The van der Waals surface area contributed by atoms with Crippen molar-refractivity contribution in [2.24, 2.45) is 0 Å². The lowest BCUT2D eigenvalue weighted by Gasteiger charge is -2.29. The lowest BCUT2D eigenvalue weighted by atomic mass is 9.94. The Kier molecular flexibility index (Phi) is 6.36. The highest BCUT2D eigenvalue weighted by Gasteiger charge is 2.25. The zero-order valence-corrected chi connectivity index (χ0v) is 15.5. The maximum absolute atomic E-state index is 12.2. The molecule has 1 amide bonds. The van der Waals surface area contributed by atoms with Crippen LogP contribution in [0.5, 0.6) is 0 Å². The number of carbonyl (C=O) groups excluding carboxylic acids is 1. The molecule has 0 bridgehead atoms. The normalized spacial score (nSPS) is 28.5. The summed E-state index contributed by atoms with van der Waals surface area (Å²) in [6.45, 7) is 3.12. The van der Waals surface area contributed by atoms with Crippen LogP contribution < -0.4 is 10.6 Å². The molecule has 4 nitrogen and oxygen atoms in total. The number of nitrogens with one attached hydrogen (secondary N) is 2. The van der Waals surface area contributed by atoms with Crippen molar-refractivity contribution in [2.75, 3.05) is 6.54 Å². The highest BCUT2D eigenvalue weighted by molar-refractivity contribution is 8.01. The van der Waals surface area contributed by atoms with Crippen molar-refractivity contribution in [3.8, 4) is 0 Å². The molecule has 1 atom stereocenters. The molecule has 0 radical (unpaired) electrons. The molecule has 6 heteroatoms. The van der Waals surface area contributed by atoms with E-state index >= 15 is 0 Å². The van der Waals surface area contributed by atoms with Gasteiger partial charge in [0.25, 0.3) is 0 Å². The number of rotatable bonds is 5. The van der Waals surface area contributed by atoms with Gasteiger partial charge in [-0.2, -0.15) is 0 Å². The van der Waals surface area contributed by atoms with Crippen LogP contribution in [0.2, 0.25) is 0 Å². The summed E-state index contributed by atoms with van der Waals surface area (Å²) < 4.78 is 1.19. The van der Waals surface area contributed by atoms with E-state index in [0.29, 0.717) is 23.8 Å². The van der Waals surface area contributed by atoms with Crippen LogP contribution in [0.15, 0.2) is 9.72 Å². The molecular weight excluding hydrogens is 326 g/mol. The van der Waals surface area contributed by atoms with Crippen LogP contribution in [0.3, 0.4) is 0 Å². The second kappa shape index (κ2) is 8.49. The first-order chi connectivity index (χ1) is 11.2. The smallest absolute Gasteiger partial charge is 0.221 e. The SMILES string of the molecule is Cc1csc(SC2CCC(NC(=O)CC3CCCCN3)CC2)n1. The van der Waals surface area contributed by atoms with Gasteiger partial charge in [-0.3, -0.25) is 4.79 Å². The predicted molar refractivity (Wildman–Crippen MR) is 97.2 cm³/mol. The van der Waals surface area contributed by atoms with Crippen LogP contribution in [0, 0.1) is 6.92 Å². The van der Waals surface area contributed by atoms with E-state index in [1.807, 2.05) is 18.7 Å². The van der Waals surface area contributed by atoms with Gasteiger partial charge in [0.2, 0.25) is 5.91 Å². The Morgan fingerprint density at radius 1 is 1.35 bits per heavy atom. The summed E-state index contributed by atoms with van der Waals surface area (Å²) in [6, 6.07) is 0.768. The van der Waals surface area contributed by atoms with Crippen molar-refractivity contribution >= 4 is 29.0 Å². The predicted octanol–water partition coefficient (Wildman–Crippen LogP) is 3.50. The van der Waals surface area contributed by atoms with E-state index in [0.717, 1.165) is 31.5 Å². The van der Waals surface area contributed by atoms with Gasteiger partial charge in [0, 0.05) is 34.8 Å². The Bertz CT molecular complexity index is 506. The fourth-order valence-electron chi connectivity index (χ4n) is 3.46. The Hall–Kier alpha value is -0.590. The van der Waals surface area contributed by atoms with Crippen LogP contribution in [0.4, 0.5) is 0 Å². The number of aromatic nitrogens is 1. The quantitative estimate of drug-likeness (QED) is 0.851. The number of amides is 1. The van der Waals surface area contributed by atoms with Crippen LogP contribution in [-0.2, 0) is 4.79 Å². The van der Waals surface area contributed by atoms with Gasteiger partial charge < -0.3 is 10.6 Å². The number of nitrogens with zero attached hydrogens (tertiary/aromatic N) is 1. The average Bonchev–Trinajstić information content (AvgIpc) is 2.95. The van der Waals surface area contributed by atoms with Crippen molar-refractivity contribution in [2.45, 2.75) is 80.0 Å². The molecule has 0 aromatic carbocycles. The highest BCUT2D eigenvalue weighted by atomic mass is 32.2. The van der Waals surface area contributed by atoms with E-state index in [9.17, 15) is 4.79 Å². The molecule has 2 heterocycles. The van der Waals surface area contributed by atoms with Crippen molar-refractivity contribution < 1.29 is 4.79 Å². The standard InChI is InChI=1S/C17H27N3OS2/c1-12-11-22-17(19-12)23-15-7-5-13(6-8-15)20-16(21)10-14-4-2-3-9-18-14/h11,13-15,18H,2-10H2,1H3,(H,20,21). The number of thiazole rings is 1. The second-order valence-corrected chi connectivity index (χ2v) is 9.17. The van der Waals surface area contributed by atoms with Crippen molar-refractivity contribution in [3.05, 3.63) is 11.1 Å². The Balaban J connectivity index is 1.36. The maximum atomic E-state index is 12.2. The zero-order chi connectivity index (χ0) is 16.1. The number of hydrogen-bond acceptors (Lipinski definition) is 5. The van der Waals surface area contributed by atoms with Crippen LogP contribution >= 0.6 is 23.1 Å². The third-order valence-corrected chi connectivity index (χ3v) is 7.18. The molecule has 23 heavy (non-hydrogen) atoms. The number of thioether (sulfide) groups is 1. The fraction of sp³-hybridized carbons (Fsp3) is 0.765. The van der Waals surface area contributed by atoms with Gasteiger partial charge in [0.05, 0.1) is 0 Å². The highest BCUT2D eigenvalue weighted by Crippen LogP contribution is 2.35. The zero-order valence-electron chi connectivity index (χ0n) is 13.8. The van der Waals surface area contributed by atoms with Gasteiger partial charge in [0.1, 0.15) is 4.34 Å². The Morgan fingerprint density at radius 2 is 2.17 bits per heavy atom. The van der Waals surface area contributed by atoms with Crippen molar-refractivity contribution in [3.63, 3.8) is 0 Å². The number of hydrogen-bond donors (Lipinski definition) is 2. The minimum absolute atomic E-state index is 0.232. The van der Waals surface area contributed by atoms with E-state index in [-0.39, 0.29) is 5.91 Å². The summed E-state index contributed by atoms with van der Waals surface area (Å²) in [6.07, 6.45) is 8.85. The topological polar surface area (TPSA) is 54.0 Å². The first-order valence-corrected chi connectivity index (χ1v) is 10.6. The third-order valence-electron chi connectivity index (χ3n) is 4.75. The minimum atomic E-state index is 0.232. The molecule has 3 rings (SSSR count). The molecule has 0 spiro atoms. The van der Waals surface area contributed by atoms with Crippen molar-refractivity contribution in [1.82, 2.24) is 15.6 Å². The van der Waals surface area contributed by atoms with Gasteiger partial charge >= 0.3 is 0 Å². The summed E-state index contributed by atoms with van der Waals surface area (Å²) in [5.41, 5.74) is 1.12. The summed E-state index contributed by atoms with van der Waals surface area (Å²) >= 11 is 3.67. The molecule has 1 aromatic heterocycles. The molecule has 1 aliphatic heterocycles. The summed E-state index contributed by atoms with van der Waals surface area (Å²) in [7, 11) is 0. The fourth-order valence-corrected chi connectivity index (χ4v) is 5.75. The summed E-state index contributed by atoms with van der Waals surface area (Å²) in [5.74, 6) is 0.232. The number of aryl methyl sites for hydroxylation is 1. The first-order valence-electron chi connectivity index (χ1n) is 8.80. The van der Waals surface area contributed by atoms with E-state index in [4.69, 9.17) is 0 Å². The molecule has 128 valence electrons. The van der Waals surface area contributed by atoms with Crippen LogP contribution in [-0.4, -0.2) is 34.8 Å². The number of piperidine rings is 1. The monoisotopic (exact) mass is 353 g/mol. The van der Waals surface area contributed by atoms with Gasteiger partial charge in [0.15, 0.2) is 0 Å². The molecule has 1 aromatic rings. The summed E-state index contributed by atoms with van der Waals surface area (Å²) in [5, 5.41) is 9.49. The lowest BCUT2D eigenvalue weighted by molar-refractivity contribution is -0.122. The second-order valence-electron chi connectivity index (χ2n) is 6.76. The van der Waals surface area contributed by atoms with Crippen LogP contribution in [0.1, 0.15) is 57.1 Å². The molecule has 1 saturated carbocycles. The molecule has 2 aliphatic rings. The average molecular weight is 354 g/mol. The Morgan fingerprint density at radius 3 is 2.83 bits per heavy atom. The molecule has 1 aliphatic carbocycles. The molecule has 1 unspecified atom stereocenters. The van der Waals surface area contributed by atoms with Crippen molar-refractivity contribution in [1.29, 1.82) is 0 Å². The lowest BCUT2D eigenvalue weighted by Crippen LogP contribution is -2.43. The van der Waals surface area contributed by atoms with E-state index in [1.165, 1.54) is 30.0 Å². The molecule has 2 N–H and O–H groups in total. The van der Waals surface area contributed by atoms with Gasteiger partial charge in [-0.15, -0.1) is 11.3 Å². The van der Waals surface area contributed by atoms with Gasteiger partial charge in [-0.05, 0) is 52.0 Å². The van der Waals surface area contributed by atoms with E-state index in [1.54, 1.807) is 11.3 Å². The van der Waals surface area contributed by atoms with E-state index < -0.39 is 0 Å². The first kappa shape index (κ1) is 17.2. The maximum Gasteiger partial charge on any atom is 0.221 e. The van der Waals surface area contributed by atoms with E-state index in [2.05, 4.69) is 21.0 Å². The Labute approximate surface area is 147 Å². The largest absolute Gasteiger partial charge is 0.353 e. The van der Waals surface area contributed by atoms with Gasteiger partial charge in [-0.25, -0.2) is 4.98 Å². The minimum Gasteiger partial charge on any atom is -0.353 e.